The van der Waals surface area contributed by atoms with Crippen LogP contribution in [0.2, 0.25) is 0 Å². The quantitative estimate of drug-likeness (QED) is 0.644. The Hall–Kier alpha value is -3.74. The Bertz CT molecular complexity index is 1260. The van der Waals surface area contributed by atoms with E-state index in [4.69, 9.17) is 4.74 Å². The topological polar surface area (TPSA) is 75.0 Å². The number of carbonyl (C=O) groups is 1. The first-order valence-corrected chi connectivity index (χ1v) is 10.9. The van der Waals surface area contributed by atoms with Gasteiger partial charge in [-0.2, -0.15) is 0 Å². The molecule has 0 unspecified atom stereocenters. The molecule has 0 saturated heterocycles. The molecule has 1 aromatic heterocycles. The predicted molar refractivity (Wildman–Crippen MR) is 118 cm³/mol. The number of carbonyl (C=O) groups excluding carboxylic acids is 1. The van der Waals surface area contributed by atoms with Crippen molar-refractivity contribution in [2.45, 2.75) is 12.5 Å². The van der Waals surface area contributed by atoms with Gasteiger partial charge >= 0.3 is 0 Å². The van der Waals surface area contributed by atoms with Crippen LogP contribution in [-0.2, 0) is 0 Å². The van der Waals surface area contributed by atoms with Crippen molar-refractivity contribution < 1.29 is 14.6 Å². The number of amides is 1. The summed E-state index contributed by atoms with van der Waals surface area (Å²) < 4.78 is 7.92. The molecule has 1 N–H and O–H groups in total. The largest absolute Gasteiger partial charge is 0.502 e. The second kappa shape index (κ2) is 7.15. The van der Waals surface area contributed by atoms with E-state index in [-0.39, 0.29) is 17.6 Å². The summed E-state index contributed by atoms with van der Waals surface area (Å²) >= 11 is 0. The van der Waals surface area contributed by atoms with Crippen LogP contribution in [0.4, 0.5) is 0 Å². The third kappa shape index (κ3) is 2.96. The fourth-order valence-electron chi connectivity index (χ4n) is 4.94. The Morgan fingerprint density at radius 1 is 0.938 bits per heavy atom. The van der Waals surface area contributed by atoms with Crippen molar-refractivity contribution in [1.82, 2.24) is 9.58 Å². The molecule has 32 heavy (non-hydrogen) atoms. The molecule has 1 amide bonds. The molecule has 2 bridgehead atoms. The number of hydrogen-bond donors (Lipinski definition) is 1. The Labute approximate surface area is 185 Å². The number of para-hydroxylation sites is 1. The Kier molecular flexibility index (Phi) is 4.24. The van der Waals surface area contributed by atoms with Gasteiger partial charge in [0.2, 0.25) is 5.43 Å². The highest BCUT2D eigenvalue weighted by atomic mass is 16.5. The SMILES string of the molecule is O=C1c2c(O)c(=O)ccn2N2CN1C[C@H]1C[C@@H]1COc1ccccc1[C@@H]2c1ccccc1. The number of pyridine rings is 1. The van der Waals surface area contributed by atoms with Crippen LogP contribution in [0.5, 0.6) is 11.5 Å². The van der Waals surface area contributed by atoms with E-state index in [0.29, 0.717) is 31.7 Å². The Morgan fingerprint density at radius 3 is 2.56 bits per heavy atom. The minimum Gasteiger partial charge on any atom is -0.502 e. The van der Waals surface area contributed by atoms with Gasteiger partial charge < -0.3 is 14.7 Å². The number of rotatable bonds is 1. The van der Waals surface area contributed by atoms with Gasteiger partial charge in [0.1, 0.15) is 18.5 Å². The average Bonchev–Trinajstić information content (AvgIpc) is 3.56. The Balaban J connectivity index is 1.61. The van der Waals surface area contributed by atoms with Gasteiger partial charge in [-0.05, 0) is 29.9 Å². The lowest BCUT2D eigenvalue weighted by atomic mass is 9.97. The Morgan fingerprint density at radius 2 is 1.72 bits per heavy atom. The molecule has 0 radical (unpaired) electrons. The van der Waals surface area contributed by atoms with Crippen LogP contribution in [0, 0.1) is 11.8 Å². The minimum atomic E-state index is -0.556. The van der Waals surface area contributed by atoms with Gasteiger partial charge in [0.25, 0.3) is 5.91 Å². The fourth-order valence-corrected chi connectivity index (χ4v) is 4.94. The number of benzene rings is 2. The summed E-state index contributed by atoms with van der Waals surface area (Å²) in [5.74, 6) is 0.730. The van der Waals surface area contributed by atoms with Crippen LogP contribution < -0.4 is 15.2 Å². The van der Waals surface area contributed by atoms with Gasteiger partial charge in [-0.3, -0.25) is 19.3 Å². The van der Waals surface area contributed by atoms with Crippen LogP contribution in [0.3, 0.4) is 0 Å². The van der Waals surface area contributed by atoms with Gasteiger partial charge in [-0.15, -0.1) is 0 Å². The predicted octanol–water partition coefficient (Wildman–Crippen LogP) is 2.72. The van der Waals surface area contributed by atoms with E-state index in [1.807, 2.05) is 59.6 Å². The number of aromatic hydroxyl groups is 1. The second-order valence-corrected chi connectivity index (χ2v) is 8.75. The number of aromatic nitrogens is 1. The van der Waals surface area contributed by atoms with Gasteiger partial charge in [0.15, 0.2) is 11.4 Å². The van der Waals surface area contributed by atoms with E-state index in [0.717, 1.165) is 23.3 Å². The zero-order valence-electron chi connectivity index (χ0n) is 17.4. The van der Waals surface area contributed by atoms with Crippen molar-refractivity contribution >= 4 is 5.91 Å². The molecule has 162 valence electrons. The highest BCUT2D eigenvalue weighted by molar-refractivity contribution is 5.96. The van der Waals surface area contributed by atoms with Crippen LogP contribution >= 0.6 is 0 Å². The lowest BCUT2D eigenvalue weighted by molar-refractivity contribution is 0.0667. The normalized spacial score (nSPS) is 23.9. The molecule has 1 fully saturated rings. The molecule has 3 atom stereocenters. The third-order valence-electron chi connectivity index (χ3n) is 6.74. The molecular weight excluding hydrogens is 406 g/mol. The number of fused-ring (bicyclic) bond motifs is 6. The molecule has 2 aromatic carbocycles. The van der Waals surface area contributed by atoms with Crippen LogP contribution in [0.25, 0.3) is 0 Å². The molecule has 7 heteroatoms. The van der Waals surface area contributed by atoms with Crippen molar-refractivity contribution in [3.8, 4) is 11.5 Å². The van der Waals surface area contributed by atoms with Gasteiger partial charge in [0.05, 0.1) is 6.61 Å². The van der Waals surface area contributed by atoms with E-state index < -0.39 is 11.2 Å². The summed E-state index contributed by atoms with van der Waals surface area (Å²) in [6, 6.07) is 19.0. The zero-order valence-corrected chi connectivity index (χ0v) is 17.4. The molecule has 0 spiro atoms. The minimum absolute atomic E-state index is 0.0135. The first kappa shape index (κ1) is 19.0. The molecule has 3 aliphatic rings. The van der Waals surface area contributed by atoms with Crippen LogP contribution in [-0.4, -0.2) is 40.4 Å². The summed E-state index contributed by atoms with van der Waals surface area (Å²) in [6.45, 7) is 1.52. The average molecular weight is 429 g/mol. The molecular formula is C25H23N3O4. The number of nitrogens with zero attached hydrogens (tertiary/aromatic N) is 3. The number of hydrogen-bond acceptors (Lipinski definition) is 5. The maximum atomic E-state index is 13.4. The maximum absolute atomic E-state index is 13.4. The lowest BCUT2D eigenvalue weighted by Crippen LogP contribution is -2.55. The molecule has 3 aromatic rings. The molecule has 3 heterocycles. The zero-order chi connectivity index (χ0) is 21.8. The smallest absolute Gasteiger partial charge is 0.277 e. The molecule has 1 saturated carbocycles. The molecule has 7 nitrogen and oxygen atoms in total. The second-order valence-electron chi connectivity index (χ2n) is 8.75. The first-order valence-electron chi connectivity index (χ1n) is 10.9. The summed E-state index contributed by atoms with van der Waals surface area (Å²) in [4.78, 5) is 27.3. The van der Waals surface area contributed by atoms with Gasteiger partial charge in [-0.25, -0.2) is 0 Å². The lowest BCUT2D eigenvalue weighted by Gasteiger charge is -2.44. The third-order valence-corrected chi connectivity index (χ3v) is 6.74. The first-order chi connectivity index (χ1) is 15.6. The summed E-state index contributed by atoms with van der Waals surface area (Å²) in [6.07, 6.45) is 2.58. The van der Waals surface area contributed by atoms with E-state index in [2.05, 4.69) is 0 Å². The highest BCUT2D eigenvalue weighted by Gasteiger charge is 2.44. The molecule has 6 rings (SSSR count). The standard InChI is InChI=1S/C25H23N3O4/c29-20-10-11-27-23(24(20)30)25(31)26-13-17-12-18(17)14-32-21-9-5-4-8-19(21)22(28(27)15-26)16-6-2-1-3-7-16/h1-11,17-18,22,30H,12-15H2/t17-,18-,22+/m1/s1. The van der Waals surface area contributed by atoms with Gasteiger partial charge in [-0.1, -0.05) is 48.5 Å². The van der Waals surface area contributed by atoms with Crippen molar-refractivity contribution in [3.63, 3.8) is 0 Å². The van der Waals surface area contributed by atoms with E-state index in [9.17, 15) is 14.7 Å². The van der Waals surface area contributed by atoms with Crippen molar-refractivity contribution in [2.24, 2.45) is 11.8 Å². The molecule has 1 aliphatic carbocycles. The fraction of sp³-hybridized carbons (Fsp3) is 0.280. The van der Waals surface area contributed by atoms with E-state index in [1.54, 1.807) is 15.8 Å². The summed E-state index contributed by atoms with van der Waals surface area (Å²) in [7, 11) is 0. The van der Waals surface area contributed by atoms with Crippen LogP contribution in [0.15, 0.2) is 71.7 Å². The van der Waals surface area contributed by atoms with Crippen LogP contribution in [0.1, 0.15) is 34.1 Å². The summed E-state index contributed by atoms with van der Waals surface area (Å²) in [5, 5.41) is 12.6. The number of ether oxygens (including phenoxy) is 1. The molecule has 2 aliphatic heterocycles. The van der Waals surface area contributed by atoms with E-state index in [1.165, 1.54) is 6.07 Å². The highest BCUT2D eigenvalue weighted by Crippen LogP contribution is 2.43. The van der Waals surface area contributed by atoms with Gasteiger partial charge in [0, 0.05) is 24.4 Å². The van der Waals surface area contributed by atoms with Crippen molar-refractivity contribution in [2.75, 3.05) is 24.8 Å². The van der Waals surface area contributed by atoms with E-state index >= 15 is 0 Å². The monoisotopic (exact) mass is 429 g/mol. The van der Waals surface area contributed by atoms with Crippen molar-refractivity contribution in [1.29, 1.82) is 0 Å². The summed E-state index contributed by atoms with van der Waals surface area (Å²) in [5.41, 5.74) is 1.45. The van der Waals surface area contributed by atoms with Crippen molar-refractivity contribution in [3.05, 3.63) is 93.9 Å². The maximum Gasteiger partial charge on any atom is 0.277 e.